The molecule has 1 aromatic carbocycles. The molecule has 4 heteroatoms. The second-order valence-electron chi connectivity index (χ2n) is 5.24. The molecule has 20 heavy (non-hydrogen) atoms. The molecule has 1 atom stereocenters. The van der Waals surface area contributed by atoms with E-state index in [1.165, 1.54) is 5.56 Å². The maximum absolute atomic E-state index is 12.0. The van der Waals surface area contributed by atoms with Crippen LogP contribution in [0.1, 0.15) is 18.4 Å². The molecule has 0 aromatic heterocycles. The summed E-state index contributed by atoms with van der Waals surface area (Å²) in [6, 6.07) is 8.36. The Balaban J connectivity index is 1.90. The molecule has 0 radical (unpaired) electrons. The van der Waals surface area contributed by atoms with Crippen LogP contribution in [-0.4, -0.2) is 30.4 Å². The number of carbonyl (C=O) groups is 1. The van der Waals surface area contributed by atoms with Gasteiger partial charge in [0.05, 0.1) is 5.92 Å². The number of piperidine rings is 1. The number of benzene rings is 1. The van der Waals surface area contributed by atoms with Gasteiger partial charge in [-0.1, -0.05) is 34.1 Å². The van der Waals surface area contributed by atoms with Crippen LogP contribution in [0, 0.1) is 5.92 Å². The van der Waals surface area contributed by atoms with Crippen molar-refractivity contribution < 1.29 is 4.79 Å². The van der Waals surface area contributed by atoms with E-state index < -0.39 is 0 Å². The number of hydrogen-bond donors (Lipinski definition) is 1. The van der Waals surface area contributed by atoms with Gasteiger partial charge in [0.2, 0.25) is 5.91 Å². The Hall–Kier alpha value is -1.13. The third kappa shape index (κ3) is 4.46. The van der Waals surface area contributed by atoms with E-state index in [-0.39, 0.29) is 11.8 Å². The van der Waals surface area contributed by atoms with E-state index >= 15 is 0 Å². The lowest BCUT2D eigenvalue weighted by Crippen LogP contribution is -2.42. The van der Waals surface area contributed by atoms with E-state index in [0.29, 0.717) is 6.54 Å². The smallest absolute Gasteiger partial charge is 0.224 e. The van der Waals surface area contributed by atoms with Gasteiger partial charge in [-0.15, -0.1) is 6.58 Å². The van der Waals surface area contributed by atoms with E-state index in [1.54, 1.807) is 6.08 Å². The molecule has 108 valence electrons. The zero-order valence-corrected chi connectivity index (χ0v) is 13.2. The van der Waals surface area contributed by atoms with Crippen LogP contribution in [0.2, 0.25) is 0 Å². The number of nitrogens with zero attached hydrogens (tertiary/aromatic N) is 1. The highest BCUT2D eigenvalue weighted by molar-refractivity contribution is 9.10. The average molecular weight is 337 g/mol. The monoisotopic (exact) mass is 336 g/mol. The highest BCUT2D eigenvalue weighted by atomic mass is 79.9. The van der Waals surface area contributed by atoms with Crippen molar-refractivity contribution in [2.24, 2.45) is 5.92 Å². The van der Waals surface area contributed by atoms with Crippen molar-refractivity contribution in [2.45, 2.75) is 19.4 Å². The number of rotatable bonds is 5. The van der Waals surface area contributed by atoms with Crippen molar-refractivity contribution >= 4 is 21.8 Å². The number of likely N-dealkylation sites (tertiary alicyclic amines) is 1. The zero-order valence-electron chi connectivity index (χ0n) is 11.6. The molecular weight excluding hydrogens is 316 g/mol. The minimum absolute atomic E-state index is 0.107. The van der Waals surface area contributed by atoms with Crippen molar-refractivity contribution in [3.05, 3.63) is 47.0 Å². The van der Waals surface area contributed by atoms with Crippen LogP contribution >= 0.6 is 15.9 Å². The summed E-state index contributed by atoms with van der Waals surface area (Å²) < 4.78 is 1.10. The molecular formula is C16H21BrN2O. The summed E-state index contributed by atoms with van der Waals surface area (Å²) in [5, 5.41) is 2.90. The van der Waals surface area contributed by atoms with E-state index in [9.17, 15) is 4.79 Å². The highest BCUT2D eigenvalue weighted by Crippen LogP contribution is 2.20. The molecule has 1 N–H and O–H groups in total. The van der Waals surface area contributed by atoms with Crippen LogP contribution < -0.4 is 5.32 Å². The lowest BCUT2D eigenvalue weighted by atomic mass is 9.96. The Morgan fingerprint density at radius 2 is 2.40 bits per heavy atom. The zero-order chi connectivity index (χ0) is 14.4. The fraction of sp³-hybridized carbons (Fsp3) is 0.438. The van der Waals surface area contributed by atoms with Gasteiger partial charge in [-0.2, -0.15) is 0 Å². The van der Waals surface area contributed by atoms with Gasteiger partial charge in [-0.05, 0) is 37.1 Å². The first kappa shape index (κ1) is 15.3. The summed E-state index contributed by atoms with van der Waals surface area (Å²) in [6.45, 7) is 7.00. The van der Waals surface area contributed by atoms with Crippen LogP contribution in [0.3, 0.4) is 0 Å². The standard InChI is InChI=1S/C16H21BrN2O/c1-2-8-18-16(20)14-6-4-9-19(12-14)11-13-5-3-7-15(17)10-13/h2-3,5,7,10,14H,1,4,6,8-9,11-12H2,(H,18,20). The quantitative estimate of drug-likeness (QED) is 0.838. The molecule has 1 heterocycles. The Kier molecular flexibility index (Phi) is 5.80. The normalized spacial score (nSPS) is 19.6. The van der Waals surface area contributed by atoms with Crippen molar-refractivity contribution in [1.82, 2.24) is 10.2 Å². The van der Waals surface area contributed by atoms with Crippen LogP contribution in [0.4, 0.5) is 0 Å². The van der Waals surface area contributed by atoms with Gasteiger partial charge in [0.1, 0.15) is 0 Å². The van der Waals surface area contributed by atoms with Gasteiger partial charge >= 0.3 is 0 Å². The topological polar surface area (TPSA) is 32.3 Å². The summed E-state index contributed by atoms with van der Waals surface area (Å²) in [4.78, 5) is 14.4. The largest absolute Gasteiger partial charge is 0.352 e. The van der Waals surface area contributed by atoms with Gasteiger partial charge in [0.15, 0.2) is 0 Å². The lowest BCUT2D eigenvalue weighted by molar-refractivity contribution is -0.126. The molecule has 0 saturated carbocycles. The molecule has 1 unspecified atom stereocenters. The number of halogens is 1. The fourth-order valence-corrected chi connectivity index (χ4v) is 3.07. The number of amides is 1. The van der Waals surface area contributed by atoms with Crippen molar-refractivity contribution in [2.75, 3.05) is 19.6 Å². The van der Waals surface area contributed by atoms with Crippen LogP contribution in [-0.2, 0) is 11.3 Å². The summed E-state index contributed by atoms with van der Waals surface area (Å²) >= 11 is 3.50. The first-order valence-electron chi connectivity index (χ1n) is 7.04. The molecule has 1 saturated heterocycles. The summed E-state index contributed by atoms with van der Waals surface area (Å²) in [5.74, 6) is 0.264. The third-order valence-electron chi connectivity index (χ3n) is 3.59. The van der Waals surface area contributed by atoms with Crippen LogP contribution in [0.25, 0.3) is 0 Å². The second-order valence-corrected chi connectivity index (χ2v) is 6.15. The maximum Gasteiger partial charge on any atom is 0.224 e. The average Bonchev–Trinajstić information content (AvgIpc) is 2.45. The first-order valence-corrected chi connectivity index (χ1v) is 7.83. The number of nitrogens with one attached hydrogen (secondary N) is 1. The molecule has 2 rings (SSSR count). The van der Waals surface area contributed by atoms with Gasteiger partial charge in [0.25, 0.3) is 0 Å². The molecule has 1 aliphatic heterocycles. The van der Waals surface area contributed by atoms with Crippen molar-refractivity contribution in [3.63, 3.8) is 0 Å². The molecule has 0 bridgehead atoms. The van der Waals surface area contributed by atoms with Gasteiger partial charge in [-0.3, -0.25) is 9.69 Å². The summed E-state index contributed by atoms with van der Waals surface area (Å²) in [7, 11) is 0. The number of hydrogen-bond acceptors (Lipinski definition) is 2. The minimum atomic E-state index is 0.107. The van der Waals surface area contributed by atoms with E-state index in [1.807, 2.05) is 6.07 Å². The maximum atomic E-state index is 12.0. The van der Waals surface area contributed by atoms with Gasteiger partial charge in [0, 0.05) is 24.1 Å². The summed E-state index contributed by atoms with van der Waals surface area (Å²) in [5.41, 5.74) is 1.28. The second kappa shape index (κ2) is 7.60. The minimum Gasteiger partial charge on any atom is -0.352 e. The lowest BCUT2D eigenvalue weighted by Gasteiger charge is -2.32. The molecule has 1 aliphatic rings. The van der Waals surface area contributed by atoms with E-state index in [2.05, 4.69) is 50.9 Å². The Morgan fingerprint density at radius 3 is 3.15 bits per heavy atom. The molecule has 1 aromatic rings. The Morgan fingerprint density at radius 1 is 1.55 bits per heavy atom. The molecule has 1 fully saturated rings. The predicted molar refractivity (Wildman–Crippen MR) is 85.3 cm³/mol. The van der Waals surface area contributed by atoms with Crippen molar-refractivity contribution in [1.29, 1.82) is 0 Å². The van der Waals surface area contributed by atoms with E-state index in [0.717, 1.165) is 36.9 Å². The predicted octanol–water partition coefficient (Wildman–Crippen LogP) is 2.96. The fourth-order valence-electron chi connectivity index (χ4n) is 2.62. The highest BCUT2D eigenvalue weighted by Gasteiger charge is 2.25. The van der Waals surface area contributed by atoms with E-state index in [4.69, 9.17) is 0 Å². The van der Waals surface area contributed by atoms with Crippen LogP contribution in [0.5, 0.6) is 0 Å². The SMILES string of the molecule is C=CCNC(=O)C1CCCN(Cc2cccc(Br)c2)C1. The molecule has 0 aliphatic carbocycles. The third-order valence-corrected chi connectivity index (χ3v) is 4.09. The van der Waals surface area contributed by atoms with Gasteiger partial charge < -0.3 is 5.32 Å². The molecule has 0 spiro atoms. The first-order chi connectivity index (χ1) is 9.69. The number of carbonyl (C=O) groups excluding carboxylic acids is 1. The van der Waals surface area contributed by atoms with Crippen LogP contribution in [0.15, 0.2) is 41.4 Å². The van der Waals surface area contributed by atoms with Crippen molar-refractivity contribution in [3.8, 4) is 0 Å². The molecule has 3 nitrogen and oxygen atoms in total. The summed E-state index contributed by atoms with van der Waals surface area (Å²) in [6.07, 6.45) is 3.79. The van der Waals surface area contributed by atoms with Gasteiger partial charge in [-0.25, -0.2) is 0 Å². The Labute approximate surface area is 129 Å². The Bertz CT molecular complexity index is 475. The molecule has 1 amide bonds.